The number of methoxy groups -OCH3 is 1. The average molecular weight is 403 g/mol. The molecule has 0 spiro atoms. The second-order valence-electron chi connectivity index (χ2n) is 5.62. The number of anilines is 1. The fourth-order valence-corrected chi connectivity index (χ4v) is 2.51. The van der Waals surface area contributed by atoms with E-state index >= 15 is 0 Å². The zero-order chi connectivity index (χ0) is 22.0. The number of aromatic nitrogens is 1. The second kappa shape index (κ2) is 11.7. The molecule has 1 amide bonds. The van der Waals surface area contributed by atoms with Crippen LogP contribution in [-0.2, 0) is 14.4 Å². The monoisotopic (exact) mass is 403 g/mol. The van der Waals surface area contributed by atoms with Gasteiger partial charge in [0.25, 0.3) is 0 Å². The van der Waals surface area contributed by atoms with Crippen LogP contribution >= 0.6 is 0 Å². The maximum Gasteiger partial charge on any atom is 0.438 e. The van der Waals surface area contributed by atoms with Crippen LogP contribution in [0.15, 0.2) is 35.5 Å². The molecule has 0 fully saturated rings. The topological polar surface area (TPSA) is 82.5 Å². The number of carbonyl (C=O) groups is 1. The van der Waals surface area contributed by atoms with E-state index in [-0.39, 0.29) is 0 Å². The molecule has 2 rings (SSSR count). The van der Waals surface area contributed by atoms with Crippen molar-refractivity contribution < 1.29 is 23.9 Å². The Morgan fingerprint density at radius 2 is 1.76 bits per heavy atom. The van der Waals surface area contributed by atoms with E-state index in [1.165, 1.54) is 21.3 Å². The van der Waals surface area contributed by atoms with Crippen molar-refractivity contribution in [1.82, 2.24) is 4.98 Å². The van der Waals surface area contributed by atoms with Crippen molar-refractivity contribution >= 4 is 17.5 Å². The zero-order valence-electron chi connectivity index (χ0n) is 18.3. The molecule has 2 aromatic rings. The van der Waals surface area contributed by atoms with E-state index in [1.54, 1.807) is 24.3 Å². The fourth-order valence-electron chi connectivity index (χ4n) is 2.51. The number of para-hydroxylation sites is 2. The lowest BCUT2D eigenvalue weighted by molar-refractivity contribution is 0.115. The summed E-state index contributed by atoms with van der Waals surface area (Å²) in [5, 5.41) is 4.95. The van der Waals surface area contributed by atoms with Crippen LogP contribution in [0.4, 0.5) is 10.5 Å². The van der Waals surface area contributed by atoms with Gasteiger partial charge in [0.15, 0.2) is 5.75 Å². The first-order valence-corrected chi connectivity index (χ1v) is 9.18. The predicted molar refractivity (Wildman–Crippen MR) is 113 cm³/mol. The van der Waals surface area contributed by atoms with Gasteiger partial charge >= 0.3 is 6.09 Å². The molecule has 0 saturated carbocycles. The zero-order valence-corrected chi connectivity index (χ0v) is 18.3. The maximum absolute atomic E-state index is 11.9. The number of hydrogen-bond acceptors (Lipinski definition) is 7. The molecule has 0 aliphatic heterocycles. The fraction of sp³-hybridized carbons (Fsp3) is 0.381. The van der Waals surface area contributed by atoms with Crippen LogP contribution in [0.5, 0.6) is 11.6 Å². The third-order valence-electron chi connectivity index (χ3n) is 3.79. The SMILES string of the molecule is CC.CO/N=C(/C)c1cc(C)c(Oc2ccccc2N(OC)C(=O)OC)nc1C. The Hall–Kier alpha value is -3.13. The lowest BCUT2D eigenvalue weighted by atomic mass is 10.1. The van der Waals surface area contributed by atoms with E-state index in [4.69, 9.17) is 19.1 Å². The molecule has 0 atom stereocenters. The highest BCUT2D eigenvalue weighted by Crippen LogP contribution is 2.33. The van der Waals surface area contributed by atoms with Gasteiger partial charge < -0.3 is 14.3 Å². The molecule has 1 aromatic carbocycles. The minimum atomic E-state index is -0.670. The van der Waals surface area contributed by atoms with Crippen molar-refractivity contribution in [1.29, 1.82) is 0 Å². The van der Waals surface area contributed by atoms with Crippen molar-refractivity contribution in [2.75, 3.05) is 26.4 Å². The van der Waals surface area contributed by atoms with Gasteiger partial charge in [0.2, 0.25) is 5.88 Å². The summed E-state index contributed by atoms with van der Waals surface area (Å²) in [5.74, 6) is 0.810. The Morgan fingerprint density at radius 1 is 1.10 bits per heavy atom. The maximum atomic E-state index is 11.9. The number of pyridine rings is 1. The van der Waals surface area contributed by atoms with Gasteiger partial charge in [-0.05, 0) is 39.0 Å². The van der Waals surface area contributed by atoms with Gasteiger partial charge in [-0.15, -0.1) is 5.06 Å². The molecule has 0 aliphatic rings. The number of aryl methyl sites for hydroxylation is 2. The first kappa shape index (κ1) is 23.9. The molecule has 158 valence electrons. The highest BCUT2D eigenvalue weighted by molar-refractivity contribution is 5.99. The van der Waals surface area contributed by atoms with E-state index < -0.39 is 6.09 Å². The van der Waals surface area contributed by atoms with Crippen molar-refractivity contribution in [3.63, 3.8) is 0 Å². The Balaban J connectivity index is 0.00000204. The molecule has 0 radical (unpaired) electrons. The molecule has 0 saturated heterocycles. The Labute approximate surface area is 172 Å². The minimum Gasteiger partial charge on any atom is -0.451 e. The summed E-state index contributed by atoms with van der Waals surface area (Å²) in [6, 6.07) is 8.87. The Kier molecular flexibility index (Phi) is 9.61. The van der Waals surface area contributed by atoms with Gasteiger partial charge in [0.05, 0.1) is 25.6 Å². The van der Waals surface area contributed by atoms with E-state index in [2.05, 4.69) is 10.1 Å². The van der Waals surface area contributed by atoms with Gasteiger partial charge in [-0.25, -0.2) is 9.78 Å². The molecule has 29 heavy (non-hydrogen) atoms. The van der Waals surface area contributed by atoms with E-state index in [1.807, 2.05) is 40.7 Å². The molecule has 0 aliphatic carbocycles. The number of oxime groups is 1. The van der Waals surface area contributed by atoms with Crippen LogP contribution < -0.4 is 9.80 Å². The Morgan fingerprint density at radius 3 is 2.34 bits per heavy atom. The first-order chi connectivity index (χ1) is 13.9. The van der Waals surface area contributed by atoms with Crippen molar-refractivity contribution in [3.05, 3.63) is 47.2 Å². The highest BCUT2D eigenvalue weighted by Gasteiger charge is 2.21. The van der Waals surface area contributed by atoms with Crippen LogP contribution in [-0.4, -0.2) is 38.1 Å². The Bertz CT molecular complexity index is 852. The van der Waals surface area contributed by atoms with Crippen LogP contribution in [0.1, 0.15) is 37.6 Å². The van der Waals surface area contributed by atoms with Gasteiger partial charge in [-0.1, -0.05) is 31.1 Å². The molecule has 0 unspecified atom stereocenters. The second-order valence-corrected chi connectivity index (χ2v) is 5.62. The number of rotatable bonds is 6. The van der Waals surface area contributed by atoms with Crippen molar-refractivity contribution in [2.24, 2.45) is 5.16 Å². The van der Waals surface area contributed by atoms with Crippen LogP contribution in [0, 0.1) is 13.8 Å². The van der Waals surface area contributed by atoms with Crippen LogP contribution in [0.2, 0.25) is 0 Å². The van der Waals surface area contributed by atoms with Gasteiger partial charge in [0, 0.05) is 11.1 Å². The van der Waals surface area contributed by atoms with Crippen LogP contribution in [0.3, 0.4) is 0 Å². The molecular formula is C21H29N3O5. The van der Waals surface area contributed by atoms with Crippen molar-refractivity contribution in [2.45, 2.75) is 34.6 Å². The smallest absolute Gasteiger partial charge is 0.438 e. The predicted octanol–water partition coefficient (Wildman–Crippen LogP) is 5.02. The quantitative estimate of drug-likeness (QED) is 0.497. The number of amides is 1. The molecule has 0 N–H and O–H groups in total. The van der Waals surface area contributed by atoms with Crippen LogP contribution in [0.25, 0.3) is 0 Å². The lowest BCUT2D eigenvalue weighted by Gasteiger charge is -2.21. The van der Waals surface area contributed by atoms with E-state index in [0.717, 1.165) is 21.9 Å². The number of benzene rings is 1. The summed E-state index contributed by atoms with van der Waals surface area (Å²) in [5.41, 5.74) is 3.52. The molecule has 0 bridgehead atoms. The first-order valence-electron chi connectivity index (χ1n) is 9.18. The lowest BCUT2D eigenvalue weighted by Crippen LogP contribution is -2.29. The third-order valence-corrected chi connectivity index (χ3v) is 3.79. The summed E-state index contributed by atoms with van der Waals surface area (Å²) >= 11 is 0. The average Bonchev–Trinajstić information content (AvgIpc) is 2.73. The largest absolute Gasteiger partial charge is 0.451 e. The molecule has 8 heteroatoms. The molecule has 8 nitrogen and oxygen atoms in total. The van der Waals surface area contributed by atoms with Gasteiger partial charge in [0.1, 0.15) is 12.8 Å². The normalized spacial score (nSPS) is 10.6. The number of nitrogens with zero attached hydrogens (tertiary/aromatic N) is 3. The summed E-state index contributed by atoms with van der Waals surface area (Å²) in [6.07, 6.45) is -0.670. The summed E-state index contributed by atoms with van der Waals surface area (Å²) in [7, 11) is 4.14. The van der Waals surface area contributed by atoms with Gasteiger partial charge in [-0.2, -0.15) is 0 Å². The summed E-state index contributed by atoms with van der Waals surface area (Å²) in [4.78, 5) is 26.4. The summed E-state index contributed by atoms with van der Waals surface area (Å²) in [6.45, 7) is 9.58. The molecular weight excluding hydrogens is 374 g/mol. The number of ether oxygens (including phenoxy) is 2. The number of hydroxylamine groups is 1. The molecule has 1 heterocycles. The standard InChI is InChI=1S/C19H23N3O5.C2H6/c1-12-11-15(14(3)21-25-5)13(2)20-18(12)27-17-10-8-7-9-16(17)22(26-6)19(23)24-4;1-2/h7-11H,1-6H3;1-2H3/b21-14-;. The minimum absolute atomic E-state index is 0.395. The molecule has 1 aromatic heterocycles. The van der Waals surface area contributed by atoms with Crippen molar-refractivity contribution in [3.8, 4) is 11.6 Å². The number of hydrogen-bond donors (Lipinski definition) is 0. The highest BCUT2D eigenvalue weighted by atomic mass is 16.7. The number of carbonyl (C=O) groups excluding carboxylic acids is 1. The van der Waals surface area contributed by atoms with E-state index in [0.29, 0.717) is 23.0 Å². The third kappa shape index (κ3) is 5.92. The summed E-state index contributed by atoms with van der Waals surface area (Å²) < 4.78 is 10.7. The van der Waals surface area contributed by atoms with E-state index in [9.17, 15) is 4.79 Å². The van der Waals surface area contributed by atoms with Gasteiger partial charge in [-0.3, -0.25) is 4.84 Å².